The lowest BCUT2D eigenvalue weighted by atomic mass is 10.2. The molecule has 13 heavy (non-hydrogen) atoms. The van der Waals surface area contributed by atoms with Crippen LogP contribution in [0, 0.1) is 3.57 Å². The van der Waals surface area contributed by atoms with Crippen molar-refractivity contribution in [2.45, 2.75) is 0 Å². The van der Waals surface area contributed by atoms with Crippen LogP contribution >= 0.6 is 38.5 Å². The van der Waals surface area contributed by atoms with Gasteiger partial charge in [-0.1, -0.05) is 6.07 Å². The summed E-state index contributed by atoms with van der Waals surface area (Å²) in [5, 5.41) is 0. The molecule has 0 unspecified atom stereocenters. The molecule has 0 saturated carbocycles. The predicted molar refractivity (Wildman–Crippen MR) is 64.2 cm³/mol. The van der Waals surface area contributed by atoms with Gasteiger partial charge in [-0.3, -0.25) is 0 Å². The molecule has 0 fully saturated rings. The second kappa shape index (κ2) is 3.96. The quantitative estimate of drug-likeness (QED) is 0.713. The maximum absolute atomic E-state index is 5.40. The van der Waals surface area contributed by atoms with E-state index in [0.717, 1.165) is 26.0 Å². The van der Waals surface area contributed by atoms with Gasteiger partial charge in [0.25, 0.3) is 0 Å². The molecule has 1 aromatic carbocycles. The number of rotatable bonds is 1. The molecule has 2 rings (SSSR count). The molecule has 1 aliphatic heterocycles. The Balaban J connectivity index is 2.45. The minimum Gasteiger partial charge on any atom is -0.475 e. The van der Waals surface area contributed by atoms with E-state index in [1.807, 2.05) is 18.2 Å². The highest BCUT2D eigenvalue weighted by Gasteiger charge is 2.14. The van der Waals surface area contributed by atoms with Crippen LogP contribution in [0.3, 0.4) is 0 Å². The van der Waals surface area contributed by atoms with Gasteiger partial charge in [0, 0.05) is 8.04 Å². The van der Waals surface area contributed by atoms with E-state index in [-0.39, 0.29) is 0 Å². The van der Waals surface area contributed by atoms with E-state index in [2.05, 4.69) is 43.5 Å². The Labute approximate surface area is 98.7 Å². The highest BCUT2D eigenvalue weighted by Crippen LogP contribution is 2.24. The first-order chi connectivity index (χ1) is 6.29. The van der Waals surface area contributed by atoms with Crippen molar-refractivity contribution in [1.29, 1.82) is 0 Å². The summed E-state index contributed by atoms with van der Waals surface area (Å²) in [5.74, 6) is 0.769. The number of nitrogens with zero attached hydrogens (tertiary/aromatic N) is 1. The third-order valence-corrected chi connectivity index (χ3v) is 4.33. The number of benzene rings is 1. The van der Waals surface area contributed by atoms with Crippen LogP contribution in [0.1, 0.15) is 5.56 Å². The molecular weight excluding hydrogens is 345 g/mol. The smallest absolute Gasteiger partial charge is 0.217 e. The molecule has 0 amide bonds. The molecule has 0 saturated heterocycles. The molecule has 0 atom stereocenters. The number of hydrogen-bond acceptors (Lipinski definition) is 2. The molecular formula is C9H7BrINO. The Bertz CT molecular complexity index is 365. The van der Waals surface area contributed by atoms with Gasteiger partial charge in [-0.15, -0.1) is 0 Å². The number of aliphatic imine (C=N–C) groups is 1. The van der Waals surface area contributed by atoms with E-state index >= 15 is 0 Å². The topological polar surface area (TPSA) is 21.6 Å². The van der Waals surface area contributed by atoms with E-state index in [0.29, 0.717) is 6.61 Å². The van der Waals surface area contributed by atoms with E-state index in [1.54, 1.807) is 0 Å². The zero-order chi connectivity index (χ0) is 9.26. The van der Waals surface area contributed by atoms with Crippen LogP contribution in [-0.2, 0) is 4.74 Å². The van der Waals surface area contributed by atoms with Crippen LogP contribution in [0.4, 0.5) is 0 Å². The van der Waals surface area contributed by atoms with Gasteiger partial charge in [-0.25, -0.2) is 4.99 Å². The van der Waals surface area contributed by atoms with Crippen molar-refractivity contribution in [3.63, 3.8) is 0 Å². The standard InChI is InChI=1S/C9H7BrINO/c10-7-3-1-2-6(8(7)11)9-12-4-5-13-9/h1-3H,4-5H2. The fourth-order valence-electron chi connectivity index (χ4n) is 1.17. The lowest BCUT2D eigenvalue weighted by Crippen LogP contribution is -2.03. The van der Waals surface area contributed by atoms with Gasteiger partial charge < -0.3 is 4.74 Å². The molecule has 0 radical (unpaired) electrons. The lowest BCUT2D eigenvalue weighted by molar-refractivity contribution is 0.348. The zero-order valence-electron chi connectivity index (χ0n) is 6.76. The Morgan fingerprint density at radius 3 is 3.00 bits per heavy atom. The van der Waals surface area contributed by atoms with Gasteiger partial charge >= 0.3 is 0 Å². The average Bonchev–Trinajstić information content (AvgIpc) is 2.62. The summed E-state index contributed by atoms with van der Waals surface area (Å²) < 4.78 is 7.64. The van der Waals surface area contributed by atoms with Crippen LogP contribution in [0.25, 0.3) is 0 Å². The summed E-state index contributed by atoms with van der Waals surface area (Å²) in [7, 11) is 0. The van der Waals surface area contributed by atoms with Crippen molar-refractivity contribution in [2.75, 3.05) is 13.2 Å². The Morgan fingerprint density at radius 1 is 1.46 bits per heavy atom. The highest BCUT2D eigenvalue weighted by molar-refractivity contribution is 14.1. The molecule has 1 aliphatic rings. The van der Waals surface area contributed by atoms with Gasteiger partial charge in [-0.05, 0) is 50.7 Å². The molecule has 68 valence electrons. The summed E-state index contributed by atoms with van der Waals surface area (Å²) in [4.78, 5) is 4.28. The van der Waals surface area contributed by atoms with E-state index < -0.39 is 0 Å². The van der Waals surface area contributed by atoms with Crippen LogP contribution in [-0.4, -0.2) is 19.0 Å². The van der Waals surface area contributed by atoms with E-state index in [4.69, 9.17) is 4.74 Å². The van der Waals surface area contributed by atoms with E-state index in [9.17, 15) is 0 Å². The summed E-state index contributed by atoms with van der Waals surface area (Å²) in [6.45, 7) is 1.48. The van der Waals surface area contributed by atoms with Gasteiger partial charge in [0.15, 0.2) is 0 Å². The highest BCUT2D eigenvalue weighted by atomic mass is 127. The van der Waals surface area contributed by atoms with Crippen LogP contribution in [0.15, 0.2) is 27.7 Å². The second-order valence-electron chi connectivity index (χ2n) is 2.64. The molecule has 2 nitrogen and oxygen atoms in total. The van der Waals surface area contributed by atoms with Crippen molar-refractivity contribution in [2.24, 2.45) is 4.99 Å². The molecule has 4 heteroatoms. The summed E-state index contributed by atoms with van der Waals surface area (Å²) >= 11 is 5.76. The van der Waals surface area contributed by atoms with Gasteiger partial charge in [0.05, 0.1) is 12.1 Å². The van der Waals surface area contributed by atoms with Crippen LogP contribution in [0.5, 0.6) is 0 Å². The maximum Gasteiger partial charge on any atom is 0.217 e. The largest absolute Gasteiger partial charge is 0.475 e. The van der Waals surface area contributed by atoms with Gasteiger partial charge in [0.1, 0.15) is 6.61 Å². The first kappa shape index (κ1) is 9.45. The third-order valence-electron chi connectivity index (χ3n) is 1.77. The second-order valence-corrected chi connectivity index (χ2v) is 4.57. The minimum absolute atomic E-state index is 0.706. The zero-order valence-corrected chi connectivity index (χ0v) is 10.5. The first-order valence-electron chi connectivity index (χ1n) is 3.90. The van der Waals surface area contributed by atoms with E-state index in [1.165, 1.54) is 0 Å². The first-order valence-corrected chi connectivity index (χ1v) is 5.78. The Morgan fingerprint density at radius 2 is 2.31 bits per heavy atom. The fourth-order valence-corrected chi connectivity index (χ4v) is 2.12. The van der Waals surface area contributed by atoms with Gasteiger partial charge in [0.2, 0.25) is 5.90 Å². The van der Waals surface area contributed by atoms with Gasteiger partial charge in [-0.2, -0.15) is 0 Å². The fraction of sp³-hybridized carbons (Fsp3) is 0.222. The monoisotopic (exact) mass is 351 g/mol. The summed E-state index contributed by atoms with van der Waals surface area (Å²) in [6.07, 6.45) is 0. The molecule has 1 aromatic rings. The Kier molecular flexibility index (Phi) is 2.88. The number of ether oxygens (including phenoxy) is 1. The Hall–Kier alpha value is -0.100. The third kappa shape index (κ3) is 1.88. The number of halogens is 2. The molecule has 0 aliphatic carbocycles. The molecule has 0 spiro atoms. The van der Waals surface area contributed by atoms with Crippen molar-refractivity contribution >= 4 is 44.4 Å². The SMILES string of the molecule is Brc1cccc(C2=NCCO2)c1I. The van der Waals surface area contributed by atoms with Crippen molar-refractivity contribution in [3.8, 4) is 0 Å². The minimum atomic E-state index is 0.706. The normalized spacial score (nSPS) is 15.4. The molecule has 1 heterocycles. The molecule has 0 bridgehead atoms. The van der Waals surface area contributed by atoms with Crippen LogP contribution in [0.2, 0.25) is 0 Å². The lowest BCUT2D eigenvalue weighted by Gasteiger charge is -2.05. The predicted octanol–water partition coefficient (Wildman–Crippen LogP) is 2.83. The molecule has 0 N–H and O–H groups in total. The number of hydrogen-bond donors (Lipinski definition) is 0. The van der Waals surface area contributed by atoms with Crippen LogP contribution < -0.4 is 0 Å². The van der Waals surface area contributed by atoms with Crippen molar-refractivity contribution in [3.05, 3.63) is 31.8 Å². The molecule has 0 aromatic heterocycles. The summed E-state index contributed by atoms with van der Waals surface area (Å²) in [6, 6.07) is 6.03. The van der Waals surface area contributed by atoms with Crippen molar-refractivity contribution < 1.29 is 4.74 Å². The maximum atomic E-state index is 5.40. The van der Waals surface area contributed by atoms with Crippen molar-refractivity contribution in [1.82, 2.24) is 0 Å². The average molecular weight is 352 g/mol. The summed E-state index contributed by atoms with van der Waals surface area (Å²) in [5.41, 5.74) is 1.08.